The molecule has 2 atom stereocenters. The number of likely N-dealkylation sites (tertiary alicyclic amines) is 1. The fraction of sp³-hybridized carbons (Fsp3) is 0.429. The molecule has 2 aromatic carbocycles. The molecule has 138 valence electrons. The van der Waals surface area contributed by atoms with Crippen molar-refractivity contribution < 1.29 is 9.09 Å². The van der Waals surface area contributed by atoms with E-state index >= 15 is 0 Å². The molecule has 0 bridgehead atoms. The first-order valence-corrected chi connectivity index (χ1v) is 10.2. The summed E-state index contributed by atoms with van der Waals surface area (Å²) in [7, 11) is -0.712. The highest BCUT2D eigenvalue weighted by Crippen LogP contribution is 2.44. The largest absolute Gasteiger partial charge is 0.494 e. The molecule has 26 heavy (non-hydrogen) atoms. The monoisotopic (exact) mass is 371 g/mol. The lowest BCUT2D eigenvalue weighted by Crippen LogP contribution is -2.54. The molecule has 2 unspecified atom stereocenters. The van der Waals surface area contributed by atoms with Gasteiger partial charge in [-0.05, 0) is 48.0 Å². The normalized spacial score (nSPS) is 20.3. The van der Waals surface area contributed by atoms with Gasteiger partial charge in [-0.2, -0.15) is 0 Å². The third kappa shape index (κ3) is 4.05. The highest BCUT2D eigenvalue weighted by molar-refractivity contribution is 7.17. The second kappa shape index (κ2) is 9.38. The van der Waals surface area contributed by atoms with Gasteiger partial charge < -0.3 is 5.73 Å². The fourth-order valence-electron chi connectivity index (χ4n) is 4.16. The number of benzene rings is 2. The van der Waals surface area contributed by atoms with Crippen molar-refractivity contribution in [2.75, 3.05) is 19.6 Å². The molecule has 0 radical (unpaired) electrons. The van der Waals surface area contributed by atoms with Gasteiger partial charge in [-0.25, -0.2) is 0 Å². The van der Waals surface area contributed by atoms with Crippen molar-refractivity contribution in [1.29, 1.82) is 0 Å². The van der Waals surface area contributed by atoms with Crippen molar-refractivity contribution in [3.63, 3.8) is 0 Å². The van der Waals surface area contributed by atoms with E-state index in [-0.39, 0.29) is 11.6 Å². The van der Waals surface area contributed by atoms with E-state index in [1.54, 1.807) is 0 Å². The molecule has 0 aliphatic carbocycles. The van der Waals surface area contributed by atoms with Crippen LogP contribution >= 0.6 is 8.69 Å². The minimum atomic E-state index is -0.712. The summed E-state index contributed by atoms with van der Waals surface area (Å²) in [4.78, 5) is 2.57. The molecule has 2 N–H and O–H groups in total. The summed E-state index contributed by atoms with van der Waals surface area (Å²) in [5, 5.41) is 0. The SMILES string of the molecule is NCCCCN1CCC(O[PH+]=O)CC1(c1ccccc1)c1ccccc1. The van der Waals surface area contributed by atoms with Crippen molar-refractivity contribution in [3.8, 4) is 0 Å². The van der Waals surface area contributed by atoms with Crippen LogP contribution in [0, 0.1) is 0 Å². The van der Waals surface area contributed by atoms with Crippen LogP contribution in [0.1, 0.15) is 36.8 Å². The standard InChI is InChI=1S/C21H28N2O2P/c22-14-7-8-15-23-16-13-20(25-26-24)17-21(23,18-9-3-1-4-10-18)19-11-5-2-6-12-19/h1-6,9-12,20,26H,7-8,13-17,22H2/q+1. The molecule has 1 fully saturated rings. The number of piperidine rings is 1. The molecule has 0 spiro atoms. The molecule has 1 aliphatic heterocycles. The van der Waals surface area contributed by atoms with Gasteiger partial charge in [-0.15, -0.1) is 4.52 Å². The Balaban J connectivity index is 2.06. The van der Waals surface area contributed by atoms with Crippen LogP contribution in [0.3, 0.4) is 0 Å². The first-order valence-electron chi connectivity index (χ1n) is 9.40. The molecule has 0 aromatic heterocycles. The van der Waals surface area contributed by atoms with Crippen LogP contribution in [-0.2, 0) is 14.6 Å². The lowest BCUT2D eigenvalue weighted by Gasteiger charge is -2.49. The van der Waals surface area contributed by atoms with Gasteiger partial charge in [0.2, 0.25) is 0 Å². The molecule has 3 rings (SSSR count). The third-order valence-corrected chi connectivity index (χ3v) is 5.81. The summed E-state index contributed by atoms with van der Waals surface area (Å²) in [5.41, 5.74) is 7.99. The molecule has 2 aromatic rings. The van der Waals surface area contributed by atoms with Gasteiger partial charge in [0.15, 0.2) is 0 Å². The summed E-state index contributed by atoms with van der Waals surface area (Å²) < 4.78 is 16.7. The Hall–Kier alpha value is -1.58. The van der Waals surface area contributed by atoms with E-state index in [4.69, 9.17) is 10.3 Å². The van der Waals surface area contributed by atoms with E-state index in [1.807, 2.05) is 0 Å². The number of rotatable bonds is 8. The van der Waals surface area contributed by atoms with E-state index in [0.29, 0.717) is 0 Å². The topological polar surface area (TPSA) is 55.6 Å². The van der Waals surface area contributed by atoms with Gasteiger partial charge in [0.1, 0.15) is 6.10 Å². The maximum Gasteiger partial charge on any atom is 0.494 e. The maximum atomic E-state index is 11.2. The fourth-order valence-corrected chi connectivity index (χ4v) is 4.50. The van der Waals surface area contributed by atoms with Crippen LogP contribution in [0.15, 0.2) is 60.7 Å². The number of hydrogen-bond acceptors (Lipinski definition) is 4. The summed E-state index contributed by atoms with van der Waals surface area (Å²) in [6.45, 7) is 2.64. The van der Waals surface area contributed by atoms with Crippen molar-refractivity contribution in [1.82, 2.24) is 4.90 Å². The van der Waals surface area contributed by atoms with Crippen molar-refractivity contribution in [2.45, 2.75) is 37.3 Å². The average molecular weight is 371 g/mol. The Kier molecular flexibility index (Phi) is 6.93. The predicted octanol–water partition coefficient (Wildman–Crippen LogP) is 4.09. The van der Waals surface area contributed by atoms with Crippen molar-refractivity contribution in [3.05, 3.63) is 71.8 Å². The van der Waals surface area contributed by atoms with Crippen LogP contribution in [0.2, 0.25) is 0 Å². The van der Waals surface area contributed by atoms with E-state index in [2.05, 4.69) is 65.6 Å². The second-order valence-electron chi connectivity index (χ2n) is 6.89. The Morgan fingerprint density at radius 2 is 1.65 bits per heavy atom. The Labute approximate surface area is 157 Å². The molecular formula is C21H28N2O2P+. The zero-order chi connectivity index (χ0) is 18.2. The molecule has 1 saturated heterocycles. The van der Waals surface area contributed by atoms with Crippen LogP contribution < -0.4 is 5.73 Å². The van der Waals surface area contributed by atoms with E-state index < -0.39 is 8.69 Å². The third-order valence-electron chi connectivity index (χ3n) is 5.38. The molecule has 1 heterocycles. The number of hydrogen-bond donors (Lipinski definition) is 1. The molecule has 4 nitrogen and oxygen atoms in total. The second-order valence-corrected chi connectivity index (χ2v) is 7.29. The van der Waals surface area contributed by atoms with Crippen molar-refractivity contribution >= 4 is 8.69 Å². The van der Waals surface area contributed by atoms with Crippen LogP contribution in [0.5, 0.6) is 0 Å². The summed E-state index contributed by atoms with van der Waals surface area (Å²) >= 11 is 0. The van der Waals surface area contributed by atoms with Gasteiger partial charge in [-0.1, -0.05) is 60.7 Å². The highest BCUT2D eigenvalue weighted by Gasteiger charge is 2.46. The Morgan fingerprint density at radius 1 is 1.04 bits per heavy atom. The van der Waals surface area contributed by atoms with Crippen LogP contribution in [-0.4, -0.2) is 30.6 Å². The Bertz CT molecular complexity index is 641. The molecule has 5 heteroatoms. The van der Waals surface area contributed by atoms with Crippen LogP contribution in [0.4, 0.5) is 0 Å². The van der Waals surface area contributed by atoms with E-state index in [0.717, 1.165) is 45.3 Å². The van der Waals surface area contributed by atoms with Crippen molar-refractivity contribution in [2.24, 2.45) is 5.73 Å². The van der Waals surface area contributed by atoms with Gasteiger partial charge in [0.25, 0.3) is 0 Å². The first-order chi connectivity index (χ1) is 12.8. The van der Waals surface area contributed by atoms with E-state index in [9.17, 15) is 4.57 Å². The quantitative estimate of drug-likeness (QED) is 0.561. The van der Waals surface area contributed by atoms with Crippen LogP contribution in [0.25, 0.3) is 0 Å². The zero-order valence-corrected chi connectivity index (χ0v) is 16.1. The summed E-state index contributed by atoms with van der Waals surface area (Å²) in [5.74, 6) is 0. The molecular weight excluding hydrogens is 343 g/mol. The average Bonchev–Trinajstić information content (AvgIpc) is 2.70. The minimum absolute atomic E-state index is 0.00277. The summed E-state index contributed by atoms with van der Waals surface area (Å²) in [6, 6.07) is 21.3. The smallest absolute Gasteiger partial charge is 0.330 e. The van der Waals surface area contributed by atoms with Gasteiger partial charge >= 0.3 is 8.69 Å². The highest BCUT2D eigenvalue weighted by atomic mass is 31.1. The maximum absolute atomic E-state index is 11.2. The number of nitrogens with two attached hydrogens (primary N) is 1. The summed E-state index contributed by atoms with van der Waals surface area (Å²) in [6.07, 6.45) is 3.81. The number of nitrogens with zero attached hydrogens (tertiary/aromatic N) is 1. The molecule has 0 saturated carbocycles. The van der Waals surface area contributed by atoms with Gasteiger partial charge in [-0.3, -0.25) is 4.90 Å². The number of unbranched alkanes of at least 4 members (excludes halogenated alkanes) is 1. The molecule has 0 amide bonds. The van der Waals surface area contributed by atoms with Gasteiger partial charge in [0, 0.05) is 13.0 Å². The molecule has 1 aliphatic rings. The first kappa shape index (κ1) is 19.2. The van der Waals surface area contributed by atoms with Gasteiger partial charge in [0.05, 0.1) is 5.54 Å². The lowest BCUT2D eigenvalue weighted by molar-refractivity contribution is 0.0120. The minimum Gasteiger partial charge on any atom is -0.330 e. The lowest BCUT2D eigenvalue weighted by atomic mass is 9.74. The predicted molar refractivity (Wildman–Crippen MR) is 107 cm³/mol. The zero-order valence-electron chi connectivity index (χ0n) is 15.1. The van der Waals surface area contributed by atoms with E-state index in [1.165, 1.54) is 11.1 Å². The Morgan fingerprint density at radius 3 is 2.19 bits per heavy atom.